The number of alkyl halides is 3. The average molecular weight is 529 g/mol. The first-order chi connectivity index (χ1) is 17.2. The Balaban J connectivity index is 1.37. The smallest absolute Gasteiger partial charge is 0.394 e. The molecule has 4 unspecified atom stereocenters. The molecule has 12 heteroatoms. The molecule has 2 heterocycles. The lowest BCUT2D eigenvalue weighted by Crippen LogP contribution is -2.57. The van der Waals surface area contributed by atoms with E-state index in [4.69, 9.17) is 16.3 Å². The number of aliphatic hydroxyl groups is 2. The number of piperazine rings is 1. The Hall–Kier alpha value is -2.57. The summed E-state index contributed by atoms with van der Waals surface area (Å²) in [6.07, 6.45) is -6.80. The second kappa shape index (κ2) is 11.2. The molecule has 0 saturated carbocycles. The molecule has 0 aromatic heterocycles. The van der Waals surface area contributed by atoms with E-state index >= 15 is 0 Å². The molecule has 2 aromatic carbocycles. The zero-order valence-corrected chi connectivity index (χ0v) is 20.0. The molecule has 0 radical (unpaired) electrons. The molecule has 0 aliphatic carbocycles. The van der Waals surface area contributed by atoms with Gasteiger partial charge in [0.25, 0.3) is 0 Å². The van der Waals surface area contributed by atoms with Crippen molar-refractivity contribution in [2.45, 2.75) is 30.5 Å². The van der Waals surface area contributed by atoms with Crippen molar-refractivity contribution in [3.63, 3.8) is 0 Å². The number of ether oxygens (including phenoxy) is 1. The fourth-order valence-corrected chi connectivity index (χ4v) is 4.88. The molecule has 4 N–H and O–H groups in total. The Labute approximate surface area is 211 Å². The van der Waals surface area contributed by atoms with Crippen LogP contribution < -0.4 is 15.5 Å². The standard InChI is InChI=1S/C24H28ClF3N4O4/c25-16-4-2-5-17(12-16)30-23(35)29-13-19-21(22(34)20(14-33)36-19)32-9-7-31(8-10-32)18-6-1-3-15(11-18)24(26,27)28/h1-6,11-12,19-22,33-34H,7-10,13-14H2,(H2,29,30,35). The highest BCUT2D eigenvalue weighted by Crippen LogP contribution is 2.32. The summed E-state index contributed by atoms with van der Waals surface area (Å²) >= 11 is 5.94. The maximum absolute atomic E-state index is 13.1. The minimum absolute atomic E-state index is 0.0818. The van der Waals surface area contributed by atoms with Crippen LogP contribution in [0.5, 0.6) is 0 Å². The van der Waals surface area contributed by atoms with E-state index in [0.717, 1.165) is 12.1 Å². The average Bonchev–Trinajstić information content (AvgIpc) is 3.17. The number of aliphatic hydroxyl groups excluding tert-OH is 2. The Morgan fingerprint density at radius 3 is 2.47 bits per heavy atom. The number of urea groups is 1. The normalized spacial score (nSPS) is 25.1. The summed E-state index contributed by atoms with van der Waals surface area (Å²) in [5, 5.41) is 26.3. The molecule has 196 valence electrons. The summed E-state index contributed by atoms with van der Waals surface area (Å²) in [6.45, 7) is 1.52. The second-order valence-electron chi connectivity index (χ2n) is 8.79. The molecule has 2 amide bonds. The van der Waals surface area contributed by atoms with Crippen LogP contribution >= 0.6 is 11.6 Å². The Morgan fingerprint density at radius 1 is 1.08 bits per heavy atom. The maximum Gasteiger partial charge on any atom is 0.416 e. The van der Waals surface area contributed by atoms with Crippen LogP contribution in [-0.4, -0.2) is 84.8 Å². The quantitative estimate of drug-likeness (QED) is 0.460. The molecule has 8 nitrogen and oxygen atoms in total. The Kier molecular flexibility index (Phi) is 8.26. The minimum atomic E-state index is -4.41. The topological polar surface area (TPSA) is 97.3 Å². The summed E-state index contributed by atoms with van der Waals surface area (Å²) in [5.74, 6) is 0. The van der Waals surface area contributed by atoms with E-state index in [1.807, 2.05) is 9.80 Å². The van der Waals surface area contributed by atoms with E-state index in [2.05, 4.69) is 10.6 Å². The van der Waals surface area contributed by atoms with Gasteiger partial charge in [0.2, 0.25) is 0 Å². The van der Waals surface area contributed by atoms with Crippen LogP contribution in [-0.2, 0) is 10.9 Å². The lowest BCUT2D eigenvalue weighted by atomic mass is 10.0. The maximum atomic E-state index is 13.1. The molecule has 36 heavy (non-hydrogen) atoms. The van der Waals surface area contributed by atoms with Gasteiger partial charge in [0.05, 0.1) is 24.3 Å². The number of carbonyl (C=O) groups excluding carboxylic acids is 1. The van der Waals surface area contributed by atoms with E-state index in [1.54, 1.807) is 30.3 Å². The van der Waals surface area contributed by atoms with Crippen LogP contribution in [0, 0.1) is 0 Å². The molecule has 4 rings (SSSR count). The number of halogens is 4. The zero-order chi connectivity index (χ0) is 25.9. The largest absolute Gasteiger partial charge is 0.416 e. The highest BCUT2D eigenvalue weighted by atomic mass is 35.5. The van der Waals surface area contributed by atoms with Crippen molar-refractivity contribution >= 4 is 29.0 Å². The van der Waals surface area contributed by atoms with E-state index in [9.17, 15) is 28.2 Å². The summed E-state index contributed by atoms with van der Waals surface area (Å²) in [6, 6.07) is 10.9. The number of anilines is 2. The molecule has 2 aromatic rings. The monoisotopic (exact) mass is 528 g/mol. The Morgan fingerprint density at radius 2 is 1.81 bits per heavy atom. The SMILES string of the molecule is O=C(NCC1OC(CO)C(O)C1N1CCN(c2cccc(C(F)(F)F)c2)CC1)Nc1cccc(Cl)c1. The molecule has 0 bridgehead atoms. The van der Waals surface area contributed by atoms with E-state index in [-0.39, 0.29) is 13.2 Å². The van der Waals surface area contributed by atoms with Crippen LogP contribution in [0.15, 0.2) is 48.5 Å². The lowest BCUT2D eigenvalue weighted by molar-refractivity contribution is -0.137. The van der Waals surface area contributed by atoms with Gasteiger partial charge in [-0.15, -0.1) is 0 Å². The van der Waals surface area contributed by atoms with Crippen LogP contribution in [0.1, 0.15) is 5.56 Å². The fourth-order valence-electron chi connectivity index (χ4n) is 4.69. The predicted molar refractivity (Wildman–Crippen MR) is 129 cm³/mol. The summed E-state index contributed by atoms with van der Waals surface area (Å²) in [4.78, 5) is 16.2. The first-order valence-corrected chi connectivity index (χ1v) is 11.9. The first kappa shape index (κ1) is 26.5. The highest BCUT2D eigenvalue weighted by molar-refractivity contribution is 6.30. The van der Waals surface area contributed by atoms with E-state index < -0.39 is 42.1 Å². The number of hydrogen-bond acceptors (Lipinski definition) is 6. The number of rotatable bonds is 6. The van der Waals surface area contributed by atoms with Gasteiger partial charge in [0.1, 0.15) is 12.2 Å². The van der Waals surface area contributed by atoms with Crippen LogP contribution in [0.2, 0.25) is 5.02 Å². The fraction of sp³-hybridized carbons (Fsp3) is 0.458. The van der Waals surface area contributed by atoms with Gasteiger partial charge in [-0.3, -0.25) is 4.90 Å². The Bertz CT molecular complexity index is 1050. The molecule has 2 fully saturated rings. The number of hydrogen-bond donors (Lipinski definition) is 4. The van der Waals surface area contributed by atoms with Crippen molar-refractivity contribution in [2.75, 3.05) is 49.5 Å². The van der Waals surface area contributed by atoms with Gasteiger partial charge in [-0.2, -0.15) is 13.2 Å². The number of carbonyl (C=O) groups is 1. The first-order valence-electron chi connectivity index (χ1n) is 11.6. The summed E-state index contributed by atoms with van der Waals surface area (Å²) < 4.78 is 45.1. The molecule has 2 saturated heterocycles. The van der Waals surface area contributed by atoms with Crippen molar-refractivity contribution in [1.82, 2.24) is 10.2 Å². The van der Waals surface area contributed by atoms with Gasteiger partial charge in [-0.1, -0.05) is 23.7 Å². The van der Waals surface area contributed by atoms with Crippen LogP contribution in [0.3, 0.4) is 0 Å². The third kappa shape index (κ3) is 6.22. The second-order valence-corrected chi connectivity index (χ2v) is 9.23. The lowest BCUT2D eigenvalue weighted by Gasteiger charge is -2.41. The van der Waals surface area contributed by atoms with Crippen molar-refractivity contribution in [3.05, 3.63) is 59.1 Å². The van der Waals surface area contributed by atoms with Crippen molar-refractivity contribution in [1.29, 1.82) is 0 Å². The molecule has 4 atom stereocenters. The molecule has 2 aliphatic heterocycles. The third-order valence-corrected chi connectivity index (χ3v) is 6.70. The third-order valence-electron chi connectivity index (χ3n) is 6.46. The summed E-state index contributed by atoms with van der Waals surface area (Å²) in [5.41, 5.74) is 0.301. The van der Waals surface area contributed by atoms with Gasteiger partial charge >= 0.3 is 12.2 Å². The van der Waals surface area contributed by atoms with Crippen molar-refractivity contribution in [3.8, 4) is 0 Å². The molecule has 2 aliphatic rings. The number of amides is 2. The van der Waals surface area contributed by atoms with Crippen molar-refractivity contribution < 1.29 is 32.9 Å². The molecular formula is C24H28ClF3N4O4. The number of benzene rings is 2. The van der Waals surface area contributed by atoms with Crippen molar-refractivity contribution in [2.24, 2.45) is 0 Å². The number of nitrogens with zero attached hydrogens (tertiary/aromatic N) is 2. The van der Waals surface area contributed by atoms with Gasteiger partial charge in [-0.25, -0.2) is 4.79 Å². The van der Waals surface area contributed by atoms with E-state index in [0.29, 0.717) is 42.6 Å². The van der Waals surface area contributed by atoms with Crippen LogP contribution in [0.4, 0.5) is 29.3 Å². The van der Waals surface area contributed by atoms with E-state index in [1.165, 1.54) is 6.07 Å². The van der Waals surface area contributed by atoms with Gasteiger partial charge in [0, 0.05) is 49.1 Å². The zero-order valence-electron chi connectivity index (χ0n) is 19.3. The van der Waals surface area contributed by atoms with Crippen LogP contribution in [0.25, 0.3) is 0 Å². The van der Waals surface area contributed by atoms with Gasteiger partial charge in [-0.05, 0) is 36.4 Å². The minimum Gasteiger partial charge on any atom is -0.394 e. The predicted octanol–water partition coefficient (Wildman–Crippen LogP) is 2.79. The van der Waals surface area contributed by atoms with Gasteiger partial charge in [0.15, 0.2) is 0 Å². The number of nitrogens with one attached hydrogen (secondary N) is 2. The molecule has 0 spiro atoms. The molecular weight excluding hydrogens is 501 g/mol. The summed E-state index contributed by atoms with van der Waals surface area (Å²) in [7, 11) is 0. The van der Waals surface area contributed by atoms with Gasteiger partial charge < -0.3 is 30.5 Å². The highest BCUT2D eigenvalue weighted by Gasteiger charge is 2.46.